The first-order chi connectivity index (χ1) is 15.9. The number of nitrogen functional groups attached to an aromatic ring is 1. The highest BCUT2D eigenvalue weighted by atomic mass is 16.2. The fourth-order valence-corrected chi connectivity index (χ4v) is 3.49. The lowest BCUT2D eigenvalue weighted by molar-refractivity contribution is -0.133. The Labute approximate surface area is 190 Å². The Hall–Kier alpha value is -4.77. The molecule has 0 aliphatic heterocycles. The van der Waals surface area contributed by atoms with E-state index < -0.39 is 11.8 Å². The summed E-state index contributed by atoms with van der Waals surface area (Å²) in [6.07, 6.45) is 5.04. The summed E-state index contributed by atoms with van der Waals surface area (Å²) >= 11 is 0. The number of nitriles is 1. The van der Waals surface area contributed by atoms with Gasteiger partial charge in [0.1, 0.15) is 11.9 Å². The summed E-state index contributed by atoms with van der Waals surface area (Å²) in [5.74, 6) is -1.61. The van der Waals surface area contributed by atoms with Gasteiger partial charge in [-0.3, -0.25) is 14.6 Å². The highest BCUT2D eigenvalue weighted by Gasteiger charge is 2.17. The van der Waals surface area contributed by atoms with Gasteiger partial charge in [-0.1, -0.05) is 6.07 Å². The maximum absolute atomic E-state index is 12.4. The van der Waals surface area contributed by atoms with E-state index in [4.69, 9.17) is 5.73 Å². The van der Waals surface area contributed by atoms with Crippen molar-refractivity contribution in [1.82, 2.24) is 9.97 Å². The van der Waals surface area contributed by atoms with Gasteiger partial charge in [0.2, 0.25) is 0 Å². The molecule has 162 valence electrons. The minimum absolute atomic E-state index is 0.200. The number of nitrogens with two attached hydrogens (primary N) is 1. The molecule has 0 fully saturated rings. The van der Waals surface area contributed by atoms with Crippen LogP contribution in [0.4, 0.5) is 17.2 Å². The van der Waals surface area contributed by atoms with Crippen molar-refractivity contribution in [2.75, 3.05) is 16.4 Å². The van der Waals surface area contributed by atoms with E-state index in [2.05, 4.69) is 20.6 Å². The van der Waals surface area contributed by atoms with Gasteiger partial charge in [-0.05, 0) is 72.3 Å². The van der Waals surface area contributed by atoms with Crippen molar-refractivity contribution in [1.29, 1.82) is 5.26 Å². The van der Waals surface area contributed by atoms with Crippen LogP contribution < -0.4 is 16.4 Å². The monoisotopic (exact) mass is 436 g/mol. The average Bonchev–Trinajstić information content (AvgIpc) is 2.80. The molecule has 0 saturated carbocycles. The molecule has 0 spiro atoms. The molecule has 4 aromatic rings. The fourth-order valence-electron chi connectivity index (χ4n) is 3.49. The van der Waals surface area contributed by atoms with Gasteiger partial charge in [0, 0.05) is 35.2 Å². The molecular formula is C25H20N6O2. The molecule has 8 nitrogen and oxygen atoms in total. The van der Waals surface area contributed by atoms with Crippen molar-refractivity contribution in [3.8, 4) is 17.2 Å². The first-order valence-corrected chi connectivity index (χ1v) is 10.1. The Kier molecular flexibility index (Phi) is 5.70. The number of anilines is 3. The molecule has 0 aliphatic rings. The van der Waals surface area contributed by atoms with E-state index in [0.717, 1.165) is 33.0 Å². The van der Waals surface area contributed by atoms with E-state index in [1.165, 1.54) is 0 Å². The predicted octanol–water partition coefficient (Wildman–Crippen LogP) is 3.94. The fraction of sp³-hybridized carbons (Fsp3) is 0.0800. The topological polar surface area (TPSA) is 134 Å². The van der Waals surface area contributed by atoms with Gasteiger partial charge in [0.05, 0.1) is 11.3 Å². The highest BCUT2D eigenvalue weighted by Crippen LogP contribution is 2.31. The number of carbonyl (C=O) groups is 2. The molecule has 2 aromatic heterocycles. The van der Waals surface area contributed by atoms with E-state index in [1.54, 1.807) is 42.9 Å². The first kappa shape index (κ1) is 21.5. The summed E-state index contributed by atoms with van der Waals surface area (Å²) in [7, 11) is 0. The molecule has 0 unspecified atom stereocenters. The molecule has 8 heteroatoms. The van der Waals surface area contributed by atoms with Crippen LogP contribution in [-0.4, -0.2) is 21.8 Å². The Morgan fingerprint density at radius 3 is 2.55 bits per heavy atom. The summed E-state index contributed by atoms with van der Waals surface area (Å²) in [4.78, 5) is 33.2. The number of fused-ring (bicyclic) bond motifs is 1. The lowest BCUT2D eigenvalue weighted by Gasteiger charge is -2.11. The molecule has 2 aromatic carbocycles. The van der Waals surface area contributed by atoms with Crippen LogP contribution in [0.5, 0.6) is 0 Å². The van der Waals surface area contributed by atoms with Gasteiger partial charge in [-0.2, -0.15) is 5.26 Å². The molecular weight excluding hydrogens is 416 g/mol. The number of aryl methyl sites for hydroxylation is 2. The van der Waals surface area contributed by atoms with Crippen molar-refractivity contribution in [3.05, 3.63) is 77.7 Å². The summed E-state index contributed by atoms with van der Waals surface area (Å²) in [5.41, 5.74) is 11.1. The third kappa shape index (κ3) is 4.48. The van der Waals surface area contributed by atoms with Crippen LogP contribution in [0.2, 0.25) is 0 Å². The summed E-state index contributed by atoms with van der Waals surface area (Å²) in [5, 5.41) is 15.7. The van der Waals surface area contributed by atoms with Gasteiger partial charge in [-0.15, -0.1) is 0 Å². The van der Waals surface area contributed by atoms with E-state index in [1.807, 2.05) is 38.1 Å². The van der Waals surface area contributed by atoms with Crippen molar-refractivity contribution in [3.63, 3.8) is 0 Å². The lowest BCUT2D eigenvalue weighted by atomic mass is 9.99. The second-order valence-corrected chi connectivity index (χ2v) is 7.62. The normalized spacial score (nSPS) is 10.5. The number of aromatic nitrogens is 2. The van der Waals surface area contributed by atoms with Crippen LogP contribution in [0, 0.1) is 25.2 Å². The number of nitrogens with zero attached hydrogens (tertiary/aromatic N) is 3. The van der Waals surface area contributed by atoms with Crippen LogP contribution in [0.3, 0.4) is 0 Å². The molecule has 4 rings (SSSR count). The number of rotatable bonds is 3. The molecule has 0 saturated heterocycles. The Morgan fingerprint density at radius 1 is 1.00 bits per heavy atom. The number of amides is 2. The second-order valence-electron chi connectivity index (χ2n) is 7.62. The Balaban J connectivity index is 1.58. The van der Waals surface area contributed by atoms with E-state index >= 15 is 0 Å². The number of benzene rings is 2. The van der Waals surface area contributed by atoms with Gasteiger partial charge in [-0.25, -0.2) is 4.98 Å². The predicted molar refractivity (Wildman–Crippen MR) is 127 cm³/mol. The van der Waals surface area contributed by atoms with Crippen molar-refractivity contribution in [2.45, 2.75) is 13.8 Å². The smallest absolute Gasteiger partial charge is 0.315 e. The number of carbonyl (C=O) groups excluding carboxylic acids is 2. The SMILES string of the molecule is Cc1ccc(NC(=O)C(=O)Nc2cc3cc(-c4cnccc4C)cc(N)c3cn2)c(C#N)c1. The molecule has 2 amide bonds. The molecule has 2 heterocycles. The minimum Gasteiger partial charge on any atom is -0.398 e. The third-order valence-corrected chi connectivity index (χ3v) is 5.21. The van der Waals surface area contributed by atoms with Gasteiger partial charge >= 0.3 is 11.8 Å². The molecule has 0 radical (unpaired) electrons. The number of pyridine rings is 2. The highest BCUT2D eigenvalue weighted by molar-refractivity contribution is 6.43. The number of hydrogen-bond acceptors (Lipinski definition) is 6. The van der Waals surface area contributed by atoms with Gasteiger partial charge in [0.15, 0.2) is 0 Å². The zero-order chi connectivity index (χ0) is 23.5. The molecule has 0 bridgehead atoms. The van der Waals surface area contributed by atoms with E-state index in [-0.39, 0.29) is 17.1 Å². The maximum atomic E-state index is 12.4. The first-order valence-electron chi connectivity index (χ1n) is 10.1. The van der Waals surface area contributed by atoms with Crippen molar-refractivity contribution >= 4 is 39.8 Å². The van der Waals surface area contributed by atoms with Crippen LogP contribution >= 0.6 is 0 Å². The minimum atomic E-state index is -0.906. The third-order valence-electron chi connectivity index (χ3n) is 5.21. The summed E-state index contributed by atoms with van der Waals surface area (Å²) in [6.45, 7) is 3.82. The quantitative estimate of drug-likeness (QED) is 0.329. The van der Waals surface area contributed by atoms with Crippen molar-refractivity contribution in [2.24, 2.45) is 0 Å². The molecule has 0 aliphatic carbocycles. The summed E-state index contributed by atoms with van der Waals surface area (Å²) < 4.78 is 0. The zero-order valence-electron chi connectivity index (χ0n) is 18.0. The number of nitrogens with one attached hydrogen (secondary N) is 2. The molecule has 4 N–H and O–H groups in total. The van der Waals surface area contributed by atoms with E-state index in [9.17, 15) is 14.9 Å². The Morgan fingerprint density at radius 2 is 1.79 bits per heavy atom. The van der Waals surface area contributed by atoms with Crippen molar-refractivity contribution < 1.29 is 9.59 Å². The van der Waals surface area contributed by atoms with Gasteiger partial charge in [0.25, 0.3) is 0 Å². The average molecular weight is 436 g/mol. The number of hydrogen-bond donors (Lipinski definition) is 3. The maximum Gasteiger partial charge on any atom is 0.315 e. The van der Waals surface area contributed by atoms with Crippen LogP contribution in [0.25, 0.3) is 21.9 Å². The van der Waals surface area contributed by atoms with Crippen LogP contribution in [0.1, 0.15) is 16.7 Å². The van der Waals surface area contributed by atoms with Crippen LogP contribution in [0.15, 0.2) is 61.1 Å². The Bertz CT molecular complexity index is 1460. The molecule has 33 heavy (non-hydrogen) atoms. The summed E-state index contributed by atoms with van der Waals surface area (Å²) in [6, 6.07) is 14.3. The lowest BCUT2D eigenvalue weighted by Crippen LogP contribution is -2.29. The zero-order valence-corrected chi connectivity index (χ0v) is 18.0. The standard InChI is InChI=1S/C25H20N6O2/c1-14-3-4-22(18(7-14)11-26)30-24(32)25(33)31-23-10-17-8-16(9-21(27)20(17)13-29-23)19-12-28-6-5-15(19)2/h3-10,12-13H,27H2,1-2H3,(H,30,32)(H,29,31,33). The van der Waals surface area contributed by atoms with E-state index in [0.29, 0.717) is 5.69 Å². The second kappa shape index (κ2) is 8.77. The molecule has 0 atom stereocenters. The van der Waals surface area contributed by atoms with Gasteiger partial charge < -0.3 is 16.4 Å². The van der Waals surface area contributed by atoms with Crippen LogP contribution in [-0.2, 0) is 9.59 Å². The largest absolute Gasteiger partial charge is 0.398 e.